The highest BCUT2D eigenvalue weighted by Gasteiger charge is 2.30. The molecule has 1 aliphatic carbocycles. The highest BCUT2D eigenvalue weighted by atomic mass is 35.5. The Kier molecular flexibility index (Phi) is 8.63. The second-order valence-electron chi connectivity index (χ2n) is 8.54. The number of thiophene rings is 1. The molecule has 1 N–H and O–H groups in total. The van der Waals surface area contributed by atoms with Gasteiger partial charge in [0.25, 0.3) is 0 Å². The van der Waals surface area contributed by atoms with Gasteiger partial charge in [0.15, 0.2) is 0 Å². The molecule has 1 amide bonds. The molecule has 196 valence electrons. The number of hydrogen-bond acceptors (Lipinski definition) is 6. The van der Waals surface area contributed by atoms with Gasteiger partial charge in [-0.1, -0.05) is 29.8 Å². The lowest BCUT2D eigenvalue weighted by Crippen LogP contribution is -2.37. The van der Waals surface area contributed by atoms with E-state index in [-0.39, 0.29) is 23.1 Å². The SMILES string of the molecule is CCOC(=O)c1c(NC(=O)CN(Cc2ccc(F)cc2)S(=O)(=O)c2cccc(Cl)c2)sc2c1CCCC2. The van der Waals surface area contributed by atoms with Crippen molar-refractivity contribution in [3.05, 3.63) is 80.9 Å². The zero-order chi connectivity index (χ0) is 26.6. The van der Waals surface area contributed by atoms with Gasteiger partial charge in [0.1, 0.15) is 10.8 Å². The number of hydrogen-bond donors (Lipinski definition) is 1. The normalized spacial score (nSPS) is 13.3. The van der Waals surface area contributed by atoms with Crippen LogP contribution in [0, 0.1) is 5.82 Å². The van der Waals surface area contributed by atoms with Crippen molar-refractivity contribution in [1.82, 2.24) is 4.31 Å². The molecule has 0 radical (unpaired) electrons. The summed E-state index contributed by atoms with van der Waals surface area (Å²) in [6, 6.07) is 11.1. The first-order valence-corrected chi connectivity index (χ1v) is 14.4. The molecule has 3 aromatic rings. The number of nitrogens with one attached hydrogen (secondary N) is 1. The monoisotopic (exact) mass is 564 g/mol. The average molecular weight is 565 g/mol. The summed E-state index contributed by atoms with van der Waals surface area (Å²) < 4.78 is 46.7. The maximum Gasteiger partial charge on any atom is 0.341 e. The first kappa shape index (κ1) is 27.3. The third-order valence-corrected chi connectivity index (χ3v) is 9.16. The van der Waals surface area contributed by atoms with E-state index >= 15 is 0 Å². The first-order valence-electron chi connectivity index (χ1n) is 11.8. The Morgan fingerprint density at radius 3 is 2.57 bits per heavy atom. The van der Waals surface area contributed by atoms with Crippen LogP contribution in [0.2, 0.25) is 5.02 Å². The van der Waals surface area contributed by atoms with Crippen LogP contribution in [-0.4, -0.2) is 37.8 Å². The number of halogens is 2. The summed E-state index contributed by atoms with van der Waals surface area (Å²) in [7, 11) is -4.15. The van der Waals surface area contributed by atoms with Crippen LogP contribution in [0.3, 0.4) is 0 Å². The van der Waals surface area contributed by atoms with E-state index in [4.69, 9.17) is 16.3 Å². The highest BCUT2D eigenvalue weighted by Crippen LogP contribution is 2.38. The number of nitrogens with zero attached hydrogens (tertiary/aromatic N) is 1. The van der Waals surface area contributed by atoms with Gasteiger partial charge >= 0.3 is 5.97 Å². The second-order valence-corrected chi connectivity index (χ2v) is 12.0. The zero-order valence-corrected chi connectivity index (χ0v) is 22.5. The number of anilines is 1. The number of sulfonamides is 1. The van der Waals surface area contributed by atoms with Crippen LogP contribution in [0.15, 0.2) is 53.4 Å². The lowest BCUT2D eigenvalue weighted by Gasteiger charge is -2.22. The molecule has 0 spiro atoms. The summed E-state index contributed by atoms with van der Waals surface area (Å²) in [5, 5.41) is 3.34. The summed E-state index contributed by atoms with van der Waals surface area (Å²) in [6.45, 7) is 1.20. The lowest BCUT2D eigenvalue weighted by molar-refractivity contribution is -0.116. The summed E-state index contributed by atoms with van der Waals surface area (Å²) in [4.78, 5) is 26.9. The number of rotatable bonds is 9. The van der Waals surface area contributed by atoms with E-state index in [9.17, 15) is 22.4 Å². The van der Waals surface area contributed by atoms with Crippen LogP contribution in [0.25, 0.3) is 0 Å². The molecule has 0 atom stereocenters. The van der Waals surface area contributed by atoms with Crippen molar-refractivity contribution in [3.63, 3.8) is 0 Å². The maximum atomic E-state index is 13.5. The average Bonchev–Trinajstić information content (AvgIpc) is 3.22. The molecule has 4 rings (SSSR count). The molecular weight excluding hydrogens is 539 g/mol. The quantitative estimate of drug-likeness (QED) is 0.350. The van der Waals surface area contributed by atoms with Crippen LogP contribution < -0.4 is 5.32 Å². The molecule has 37 heavy (non-hydrogen) atoms. The molecule has 7 nitrogen and oxygen atoms in total. The van der Waals surface area contributed by atoms with Gasteiger partial charge in [-0.15, -0.1) is 11.3 Å². The van der Waals surface area contributed by atoms with Crippen molar-refractivity contribution in [1.29, 1.82) is 0 Å². The third-order valence-electron chi connectivity index (χ3n) is 5.93. The molecule has 1 aliphatic rings. The predicted octanol–water partition coefficient (Wildman–Crippen LogP) is 5.43. The number of amides is 1. The topological polar surface area (TPSA) is 92.8 Å². The predicted molar refractivity (Wildman–Crippen MR) is 141 cm³/mol. The molecule has 1 heterocycles. The minimum atomic E-state index is -4.15. The number of ether oxygens (including phenoxy) is 1. The first-order chi connectivity index (χ1) is 17.7. The maximum absolute atomic E-state index is 13.5. The lowest BCUT2D eigenvalue weighted by atomic mass is 9.95. The molecule has 0 saturated heterocycles. The molecule has 11 heteroatoms. The van der Waals surface area contributed by atoms with Gasteiger partial charge in [-0.2, -0.15) is 4.31 Å². The second kappa shape index (κ2) is 11.7. The van der Waals surface area contributed by atoms with Crippen LogP contribution in [0.1, 0.15) is 46.1 Å². The molecule has 0 aliphatic heterocycles. The van der Waals surface area contributed by atoms with E-state index in [0.29, 0.717) is 16.1 Å². The zero-order valence-electron chi connectivity index (χ0n) is 20.1. The molecular formula is C26H26ClFN2O5S2. The Balaban J connectivity index is 1.63. The van der Waals surface area contributed by atoms with Gasteiger partial charge in [-0.25, -0.2) is 17.6 Å². The number of carbonyl (C=O) groups excluding carboxylic acids is 2. The Bertz CT molecular complexity index is 1410. The smallest absolute Gasteiger partial charge is 0.341 e. The van der Waals surface area contributed by atoms with Crippen LogP contribution >= 0.6 is 22.9 Å². The largest absolute Gasteiger partial charge is 0.462 e. The van der Waals surface area contributed by atoms with E-state index in [1.165, 1.54) is 53.8 Å². The Labute approximate surface area is 224 Å². The number of benzene rings is 2. The van der Waals surface area contributed by atoms with Crippen molar-refractivity contribution in [2.75, 3.05) is 18.5 Å². The summed E-state index contributed by atoms with van der Waals surface area (Å²) in [5.74, 6) is -1.58. The van der Waals surface area contributed by atoms with Crippen molar-refractivity contribution in [2.24, 2.45) is 0 Å². The van der Waals surface area contributed by atoms with E-state index in [0.717, 1.165) is 40.4 Å². The summed E-state index contributed by atoms with van der Waals surface area (Å²) in [5.41, 5.74) is 1.73. The van der Waals surface area contributed by atoms with Crippen molar-refractivity contribution in [3.8, 4) is 0 Å². The summed E-state index contributed by atoms with van der Waals surface area (Å²) >= 11 is 7.35. The van der Waals surface area contributed by atoms with Crippen LogP contribution in [0.4, 0.5) is 9.39 Å². The van der Waals surface area contributed by atoms with Crippen molar-refractivity contribution >= 4 is 49.8 Å². The van der Waals surface area contributed by atoms with Gasteiger partial charge in [0, 0.05) is 16.4 Å². The standard InChI is InChI=1S/C26H26ClFN2O5S2/c1-2-35-26(32)24-21-8-3-4-9-22(21)36-25(24)29-23(31)16-30(15-17-10-12-19(28)13-11-17)37(33,34)20-7-5-6-18(27)14-20/h5-7,10-14H,2-4,8-9,15-16H2,1H3,(H,29,31). The van der Waals surface area contributed by atoms with E-state index in [1.54, 1.807) is 13.0 Å². The van der Waals surface area contributed by atoms with Gasteiger partial charge in [-0.3, -0.25) is 4.79 Å². The van der Waals surface area contributed by atoms with E-state index in [2.05, 4.69) is 5.32 Å². The molecule has 2 aromatic carbocycles. The van der Waals surface area contributed by atoms with Crippen LogP contribution in [-0.2, 0) is 38.9 Å². The number of carbonyl (C=O) groups is 2. The number of aryl methyl sites for hydroxylation is 1. The van der Waals surface area contributed by atoms with Crippen molar-refractivity contribution < 1.29 is 27.1 Å². The minimum absolute atomic E-state index is 0.0753. The fraction of sp³-hybridized carbons (Fsp3) is 0.308. The fourth-order valence-electron chi connectivity index (χ4n) is 4.20. The highest BCUT2D eigenvalue weighted by molar-refractivity contribution is 7.89. The molecule has 0 saturated carbocycles. The van der Waals surface area contributed by atoms with E-state index in [1.807, 2.05) is 0 Å². The van der Waals surface area contributed by atoms with E-state index < -0.39 is 34.3 Å². The van der Waals surface area contributed by atoms with Gasteiger partial charge in [0.2, 0.25) is 15.9 Å². The molecule has 0 bridgehead atoms. The molecule has 0 fully saturated rings. The Morgan fingerprint density at radius 1 is 1.14 bits per heavy atom. The van der Waals surface area contributed by atoms with Gasteiger partial charge in [-0.05, 0) is 74.1 Å². The molecule has 0 unspecified atom stereocenters. The fourth-order valence-corrected chi connectivity index (χ4v) is 7.17. The number of fused-ring (bicyclic) bond motifs is 1. The molecule has 1 aromatic heterocycles. The van der Waals surface area contributed by atoms with Crippen LogP contribution in [0.5, 0.6) is 0 Å². The number of esters is 1. The third kappa shape index (κ3) is 6.38. The Hall–Kier alpha value is -2.79. The Morgan fingerprint density at radius 2 is 1.86 bits per heavy atom. The van der Waals surface area contributed by atoms with Gasteiger partial charge < -0.3 is 10.1 Å². The minimum Gasteiger partial charge on any atom is -0.462 e. The summed E-state index contributed by atoms with van der Waals surface area (Å²) in [6.07, 6.45) is 3.46. The van der Waals surface area contributed by atoms with Crippen molar-refractivity contribution in [2.45, 2.75) is 44.0 Å². The van der Waals surface area contributed by atoms with Gasteiger partial charge in [0.05, 0.1) is 23.6 Å².